The maximum absolute atomic E-state index is 11.0. The number of fused-ring (bicyclic) bond motifs is 1. The van der Waals surface area contributed by atoms with Crippen LogP contribution in [0.4, 0.5) is 0 Å². The molecule has 1 aromatic heterocycles. The highest BCUT2D eigenvalue weighted by molar-refractivity contribution is 7.13. The first-order valence-electron chi connectivity index (χ1n) is 6.94. The van der Waals surface area contributed by atoms with E-state index >= 15 is 0 Å². The van der Waals surface area contributed by atoms with Crippen LogP contribution in [0.15, 0.2) is 18.2 Å². The van der Waals surface area contributed by atoms with Crippen LogP contribution >= 0.6 is 11.3 Å². The minimum atomic E-state index is -0.878. The molecule has 1 aliphatic rings. The molecule has 104 valence electrons. The molecule has 0 amide bonds. The number of benzene rings is 1. The molecule has 0 unspecified atom stereocenters. The van der Waals surface area contributed by atoms with Crippen molar-refractivity contribution < 1.29 is 9.90 Å². The summed E-state index contributed by atoms with van der Waals surface area (Å²) in [6.45, 7) is 1.76. The molecule has 20 heavy (non-hydrogen) atoms. The first-order chi connectivity index (χ1) is 9.63. The summed E-state index contributed by atoms with van der Waals surface area (Å²) < 4.78 is 0. The van der Waals surface area contributed by atoms with Gasteiger partial charge in [0, 0.05) is 6.42 Å². The fourth-order valence-corrected chi connectivity index (χ4v) is 3.74. The maximum atomic E-state index is 11.0. The topological polar surface area (TPSA) is 50.2 Å². The molecular formula is C16H17NO2S. The summed E-state index contributed by atoms with van der Waals surface area (Å²) >= 11 is 1.29. The fraction of sp³-hybridized carbons (Fsp3) is 0.375. The van der Waals surface area contributed by atoms with Crippen molar-refractivity contribution >= 4 is 17.3 Å². The molecule has 1 heterocycles. The molecule has 0 saturated carbocycles. The van der Waals surface area contributed by atoms with Gasteiger partial charge in [0.1, 0.15) is 4.88 Å². The Kier molecular flexibility index (Phi) is 3.57. The van der Waals surface area contributed by atoms with Gasteiger partial charge in [-0.25, -0.2) is 9.78 Å². The second-order valence-corrected chi connectivity index (χ2v) is 6.40. The third kappa shape index (κ3) is 2.61. The van der Waals surface area contributed by atoms with Crippen molar-refractivity contribution in [3.63, 3.8) is 0 Å². The van der Waals surface area contributed by atoms with Crippen molar-refractivity contribution in [3.05, 3.63) is 50.5 Å². The molecule has 2 aromatic rings. The van der Waals surface area contributed by atoms with Crippen LogP contribution in [-0.4, -0.2) is 16.1 Å². The summed E-state index contributed by atoms with van der Waals surface area (Å²) in [5, 5.41) is 9.96. The van der Waals surface area contributed by atoms with Gasteiger partial charge in [0.05, 0.1) is 10.7 Å². The molecule has 0 spiro atoms. The molecule has 4 heteroatoms. The number of carboxylic acid groups (broad SMARTS) is 1. The van der Waals surface area contributed by atoms with Crippen LogP contribution in [0.3, 0.4) is 0 Å². The summed E-state index contributed by atoms with van der Waals surface area (Å²) in [4.78, 5) is 15.8. The standard InChI is InChI=1S/C16H17NO2S/c1-10-15(16(18)19)20-14(17-10)9-11-6-7-12-4-2-3-5-13(12)8-11/h6-8H,2-5,9H2,1H3,(H,18,19). The van der Waals surface area contributed by atoms with Gasteiger partial charge in [0.25, 0.3) is 0 Å². The van der Waals surface area contributed by atoms with Crippen molar-refractivity contribution in [2.24, 2.45) is 0 Å². The summed E-state index contributed by atoms with van der Waals surface area (Å²) in [6.07, 6.45) is 5.65. The smallest absolute Gasteiger partial charge is 0.347 e. The lowest BCUT2D eigenvalue weighted by molar-refractivity contribution is 0.0701. The Labute approximate surface area is 122 Å². The second kappa shape index (κ2) is 5.37. The number of aromatic carboxylic acids is 1. The molecule has 0 aliphatic heterocycles. The van der Waals surface area contributed by atoms with Crippen LogP contribution in [0.1, 0.15) is 49.9 Å². The van der Waals surface area contributed by atoms with Crippen molar-refractivity contribution in [3.8, 4) is 0 Å². The molecule has 0 atom stereocenters. The molecule has 1 N–H and O–H groups in total. The first-order valence-corrected chi connectivity index (χ1v) is 7.75. The number of carboxylic acids is 1. The van der Waals surface area contributed by atoms with E-state index in [2.05, 4.69) is 23.2 Å². The van der Waals surface area contributed by atoms with Crippen LogP contribution in [-0.2, 0) is 19.3 Å². The third-order valence-corrected chi connectivity index (χ3v) is 4.95. The Morgan fingerprint density at radius 2 is 2.05 bits per heavy atom. The van der Waals surface area contributed by atoms with E-state index in [-0.39, 0.29) is 0 Å². The number of aryl methyl sites for hydroxylation is 3. The van der Waals surface area contributed by atoms with Crippen molar-refractivity contribution in [2.45, 2.75) is 39.0 Å². The zero-order chi connectivity index (χ0) is 14.1. The van der Waals surface area contributed by atoms with Crippen LogP contribution < -0.4 is 0 Å². The fourth-order valence-electron chi connectivity index (χ4n) is 2.80. The van der Waals surface area contributed by atoms with Gasteiger partial charge in [-0.15, -0.1) is 11.3 Å². The predicted molar refractivity (Wildman–Crippen MR) is 79.7 cm³/mol. The predicted octanol–water partition coefficient (Wildman–Crippen LogP) is 3.62. The number of rotatable bonds is 3. The Bertz CT molecular complexity index is 660. The van der Waals surface area contributed by atoms with Gasteiger partial charge >= 0.3 is 5.97 Å². The van der Waals surface area contributed by atoms with Gasteiger partial charge in [-0.05, 0) is 49.3 Å². The first kappa shape index (κ1) is 13.3. The molecule has 1 aliphatic carbocycles. The highest BCUT2D eigenvalue weighted by Gasteiger charge is 2.15. The Morgan fingerprint density at radius 1 is 1.30 bits per heavy atom. The summed E-state index contributed by atoms with van der Waals surface area (Å²) in [7, 11) is 0. The highest BCUT2D eigenvalue weighted by atomic mass is 32.1. The van der Waals surface area contributed by atoms with Crippen molar-refractivity contribution in [1.29, 1.82) is 0 Å². The van der Waals surface area contributed by atoms with Gasteiger partial charge < -0.3 is 5.11 Å². The SMILES string of the molecule is Cc1nc(Cc2ccc3c(c2)CCCC3)sc1C(=O)O. The van der Waals surface area contributed by atoms with Crippen molar-refractivity contribution in [2.75, 3.05) is 0 Å². The third-order valence-electron chi connectivity index (χ3n) is 3.80. The zero-order valence-electron chi connectivity index (χ0n) is 11.5. The van der Waals surface area contributed by atoms with Crippen LogP contribution in [0.2, 0.25) is 0 Å². The molecular weight excluding hydrogens is 270 g/mol. The summed E-state index contributed by atoms with van der Waals surface area (Å²) in [5.74, 6) is -0.878. The zero-order valence-corrected chi connectivity index (χ0v) is 12.3. The lowest BCUT2D eigenvalue weighted by Crippen LogP contribution is -2.03. The van der Waals surface area contributed by atoms with E-state index in [0.717, 1.165) is 11.4 Å². The van der Waals surface area contributed by atoms with E-state index in [0.29, 0.717) is 10.6 Å². The average Bonchev–Trinajstić information content (AvgIpc) is 2.79. The monoisotopic (exact) mass is 287 g/mol. The Balaban J connectivity index is 1.84. The molecule has 0 fully saturated rings. The number of carbonyl (C=O) groups is 1. The van der Waals surface area contributed by atoms with Gasteiger partial charge in [-0.1, -0.05) is 18.2 Å². The lowest BCUT2D eigenvalue weighted by atomic mass is 9.90. The van der Waals surface area contributed by atoms with E-state index < -0.39 is 5.97 Å². The lowest BCUT2D eigenvalue weighted by Gasteiger charge is -2.16. The molecule has 0 saturated heterocycles. The highest BCUT2D eigenvalue weighted by Crippen LogP contribution is 2.25. The summed E-state index contributed by atoms with van der Waals surface area (Å²) in [6, 6.07) is 6.65. The van der Waals surface area contributed by atoms with E-state index in [1.54, 1.807) is 6.92 Å². The molecule has 0 radical (unpaired) electrons. The van der Waals surface area contributed by atoms with Gasteiger partial charge in [-0.3, -0.25) is 0 Å². The number of aromatic nitrogens is 1. The molecule has 0 bridgehead atoms. The Hall–Kier alpha value is -1.68. The van der Waals surface area contributed by atoms with E-state index in [1.165, 1.54) is 53.7 Å². The number of nitrogens with zero attached hydrogens (tertiary/aromatic N) is 1. The van der Waals surface area contributed by atoms with Crippen LogP contribution in [0.25, 0.3) is 0 Å². The minimum absolute atomic E-state index is 0.359. The average molecular weight is 287 g/mol. The van der Waals surface area contributed by atoms with Gasteiger partial charge in [-0.2, -0.15) is 0 Å². The minimum Gasteiger partial charge on any atom is -0.477 e. The van der Waals surface area contributed by atoms with Crippen molar-refractivity contribution in [1.82, 2.24) is 4.98 Å². The number of thiazole rings is 1. The maximum Gasteiger partial charge on any atom is 0.347 e. The quantitative estimate of drug-likeness (QED) is 0.938. The molecule has 3 rings (SSSR count). The largest absolute Gasteiger partial charge is 0.477 e. The number of hydrogen-bond donors (Lipinski definition) is 1. The molecule has 1 aromatic carbocycles. The Morgan fingerprint density at radius 3 is 2.75 bits per heavy atom. The van der Waals surface area contributed by atoms with Gasteiger partial charge in [0.2, 0.25) is 0 Å². The van der Waals surface area contributed by atoms with Gasteiger partial charge in [0.15, 0.2) is 0 Å². The number of hydrogen-bond acceptors (Lipinski definition) is 3. The van der Waals surface area contributed by atoms with E-state index in [9.17, 15) is 4.79 Å². The van der Waals surface area contributed by atoms with E-state index in [4.69, 9.17) is 5.11 Å². The molecule has 3 nitrogen and oxygen atoms in total. The second-order valence-electron chi connectivity index (χ2n) is 5.31. The van der Waals surface area contributed by atoms with E-state index in [1.807, 2.05) is 0 Å². The summed E-state index contributed by atoms with van der Waals surface area (Å²) in [5.41, 5.74) is 4.79. The van der Waals surface area contributed by atoms with Crippen LogP contribution in [0.5, 0.6) is 0 Å². The normalized spacial score (nSPS) is 14.1. The van der Waals surface area contributed by atoms with Crippen LogP contribution in [0, 0.1) is 6.92 Å².